The lowest BCUT2D eigenvalue weighted by Crippen LogP contribution is -2.44. The molecule has 0 spiro atoms. The molecule has 0 aliphatic carbocycles. The van der Waals surface area contributed by atoms with Crippen LogP contribution >= 0.6 is 0 Å². The van der Waals surface area contributed by atoms with Gasteiger partial charge >= 0.3 is 5.97 Å². The number of ketones is 1. The van der Waals surface area contributed by atoms with Crippen molar-refractivity contribution in [3.63, 3.8) is 0 Å². The molecule has 0 radical (unpaired) electrons. The largest absolute Gasteiger partial charge is 0.496 e. The van der Waals surface area contributed by atoms with Gasteiger partial charge in [0.15, 0.2) is 5.78 Å². The van der Waals surface area contributed by atoms with Gasteiger partial charge in [0, 0.05) is 22.9 Å². The van der Waals surface area contributed by atoms with E-state index < -0.39 is 5.97 Å². The van der Waals surface area contributed by atoms with Crippen LogP contribution in [0.2, 0.25) is 0 Å². The normalized spacial score (nSPS) is 16.5. The molecule has 0 amide bonds. The van der Waals surface area contributed by atoms with Crippen molar-refractivity contribution in [3.8, 4) is 5.75 Å². The summed E-state index contributed by atoms with van der Waals surface area (Å²) in [5.41, 5.74) is 2.87. The molecule has 0 fully saturated rings. The zero-order valence-electron chi connectivity index (χ0n) is 15.0. The molecular formula is C21H21NO4. The Kier molecular flexibility index (Phi) is 4.55. The lowest BCUT2D eigenvalue weighted by molar-refractivity contribution is 0.0696. The van der Waals surface area contributed by atoms with Crippen LogP contribution in [0, 0.1) is 0 Å². The lowest BCUT2D eigenvalue weighted by Gasteiger charge is -2.35. The fourth-order valence-corrected chi connectivity index (χ4v) is 3.26. The molecule has 26 heavy (non-hydrogen) atoms. The molecule has 2 aromatic rings. The SMILES string of the molecule is COc1ccccc1C(=O)C=C1NC(C)(C)Cc2cc(C(=O)O)ccc21. The Morgan fingerprint density at radius 2 is 1.92 bits per heavy atom. The number of carboxylic acid groups (broad SMARTS) is 1. The first-order valence-corrected chi connectivity index (χ1v) is 8.34. The topological polar surface area (TPSA) is 75.6 Å². The number of carbonyl (C=O) groups is 2. The summed E-state index contributed by atoms with van der Waals surface area (Å²) in [5, 5.41) is 12.6. The highest BCUT2D eigenvalue weighted by Gasteiger charge is 2.29. The molecule has 1 heterocycles. The number of fused-ring (bicyclic) bond motifs is 1. The molecule has 2 aromatic carbocycles. The van der Waals surface area contributed by atoms with Crippen molar-refractivity contribution in [2.24, 2.45) is 0 Å². The lowest BCUT2D eigenvalue weighted by atomic mass is 9.84. The van der Waals surface area contributed by atoms with Crippen LogP contribution in [0.25, 0.3) is 5.70 Å². The number of rotatable bonds is 4. The Morgan fingerprint density at radius 3 is 2.62 bits per heavy atom. The van der Waals surface area contributed by atoms with Crippen molar-refractivity contribution < 1.29 is 19.4 Å². The Labute approximate surface area is 152 Å². The van der Waals surface area contributed by atoms with Crippen LogP contribution < -0.4 is 10.1 Å². The molecule has 1 aliphatic heterocycles. The summed E-state index contributed by atoms with van der Waals surface area (Å²) < 4.78 is 5.27. The first kappa shape index (κ1) is 17.7. The van der Waals surface area contributed by atoms with E-state index in [9.17, 15) is 14.7 Å². The molecule has 2 N–H and O–H groups in total. The molecule has 0 atom stereocenters. The van der Waals surface area contributed by atoms with Crippen LogP contribution in [0.5, 0.6) is 5.75 Å². The number of methoxy groups -OCH3 is 1. The van der Waals surface area contributed by atoms with Crippen LogP contribution in [-0.4, -0.2) is 29.5 Å². The second-order valence-corrected chi connectivity index (χ2v) is 6.99. The van der Waals surface area contributed by atoms with Crippen molar-refractivity contribution in [3.05, 3.63) is 70.8 Å². The fraction of sp³-hybridized carbons (Fsp3) is 0.238. The van der Waals surface area contributed by atoms with E-state index in [1.165, 1.54) is 7.11 Å². The Morgan fingerprint density at radius 1 is 1.19 bits per heavy atom. The molecule has 1 aliphatic rings. The predicted molar refractivity (Wildman–Crippen MR) is 99.6 cm³/mol. The Balaban J connectivity index is 2.06. The standard InChI is InChI=1S/C21H21NO4/c1-21(2)12-14-10-13(20(24)25)8-9-15(14)17(22-21)11-18(23)16-6-4-5-7-19(16)26-3/h4-11,22H,12H2,1-3H3,(H,24,25). The fourth-order valence-electron chi connectivity index (χ4n) is 3.26. The van der Waals surface area contributed by atoms with E-state index >= 15 is 0 Å². The monoisotopic (exact) mass is 351 g/mol. The Hall–Kier alpha value is -3.08. The van der Waals surface area contributed by atoms with Gasteiger partial charge in [-0.3, -0.25) is 4.79 Å². The average Bonchev–Trinajstić information content (AvgIpc) is 2.60. The van der Waals surface area contributed by atoms with Gasteiger partial charge in [-0.25, -0.2) is 4.79 Å². The maximum absolute atomic E-state index is 12.8. The number of allylic oxidation sites excluding steroid dienone is 1. The number of carbonyl (C=O) groups excluding carboxylic acids is 1. The number of nitrogens with one attached hydrogen (secondary N) is 1. The summed E-state index contributed by atoms with van der Waals surface area (Å²) in [6, 6.07) is 12.1. The molecule has 0 unspecified atom stereocenters. The molecule has 0 aromatic heterocycles. The van der Waals surface area contributed by atoms with Crippen LogP contribution in [0.1, 0.15) is 45.7 Å². The van der Waals surface area contributed by atoms with E-state index in [1.54, 1.807) is 42.5 Å². The number of benzene rings is 2. The molecule has 3 rings (SSSR count). The third-order valence-corrected chi connectivity index (χ3v) is 4.40. The van der Waals surface area contributed by atoms with Crippen molar-refractivity contribution in [1.82, 2.24) is 5.32 Å². The third kappa shape index (κ3) is 3.47. The smallest absolute Gasteiger partial charge is 0.335 e. The molecule has 0 bridgehead atoms. The van der Waals surface area contributed by atoms with Crippen LogP contribution in [-0.2, 0) is 6.42 Å². The van der Waals surface area contributed by atoms with Crippen molar-refractivity contribution in [2.75, 3.05) is 7.11 Å². The van der Waals surface area contributed by atoms with E-state index in [-0.39, 0.29) is 16.9 Å². The van der Waals surface area contributed by atoms with E-state index in [1.807, 2.05) is 19.9 Å². The van der Waals surface area contributed by atoms with E-state index in [4.69, 9.17) is 4.74 Å². The van der Waals surface area contributed by atoms with Crippen molar-refractivity contribution in [1.29, 1.82) is 0 Å². The summed E-state index contributed by atoms with van der Waals surface area (Å²) in [7, 11) is 1.53. The third-order valence-electron chi connectivity index (χ3n) is 4.40. The van der Waals surface area contributed by atoms with Gasteiger partial charge in [-0.1, -0.05) is 18.2 Å². The van der Waals surface area contributed by atoms with E-state index in [2.05, 4.69) is 5.32 Å². The van der Waals surface area contributed by atoms with Gasteiger partial charge in [0.1, 0.15) is 5.75 Å². The molecule has 0 saturated carbocycles. The Bertz CT molecular complexity index is 912. The van der Waals surface area contributed by atoms with Crippen LogP contribution in [0.4, 0.5) is 0 Å². The summed E-state index contributed by atoms with van der Waals surface area (Å²) in [4.78, 5) is 24.1. The summed E-state index contributed by atoms with van der Waals surface area (Å²) in [6.07, 6.45) is 2.22. The zero-order chi connectivity index (χ0) is 18.9. The van der Waals surface area contributed by atoms with Gasteiger partial charge in [-0.2, -0.15) is 0 Å². The van der Waals surface area contributed by atoms with Crippen molar-refractivity contribution >= 4 is 17.4 Å². The molecule has 0 saturated heterocycles. The molecule has 5 nitrogen and oxygen atoms in total. The van der Waals surface area contributed by atoms with E-state index in [0.717, 1.165) is 11.1 Å². The van der Waals surface area contributed by atoms with Gasteiger partial charge in [0.2, 0.25) is 0 Å². The van der Waals surface area contributed by atoms with Gasteiger partial charge in [-0.15, -0.1) is 0 Å². The van der Waals surface area contributed by atoms with Gasteiger partial charge in [0.05, 0.1) is 18.2 Å². The first-order chi connectivity index (χ1) is 12.3. The number of carboxylic acids is 1. The van der Waals surface area contributed by atoms with E-state index in [0.29, 0.717) is 23.4 Å². The highest BCUT2D eigenvalue weighted by molar-refractivity contribution is 6.10. The summed E-state index contributed by atoms with van der Waals surface area (Å²) in [6.45, 7) is 4.04. The molecule has 5 heteroatoms. The second kappa shape index (κ2) is 6.67. The number of aromatic carboxylic acids is 1. The minimum Gasteiger partial charge on any atom is -0.496 e. The van der Waals surface area contributed by atoms with Gasteiger partial charge in [0.25, 0.3) is 0 Å². The molecular weight excluding hydrogens is 330 g/mol. The first-order valence-electron chi connectivity index (χ1n) is 8.34. The number of hydrogen-bond acceptors (Lipinski definition) is 4. The quantitative estimate of drug-likeness (QED) is 0.651. The highest BCUT2D eigenvalue weighted by atomic mass is 16.5. The van der Waals surface area contributed by atoms with Crippen molar-refractivity contribution in [2.45, 2.75) is 25.8 Å². The van der Waals surface area contributed by atoms with Crippen LogP contribution in [0.3, 0.4) is 0 Å². The predicted octanol–water partition coefficient (Wildman–Crippen LogP) is 3.54. The van der Waals surface area contributed by atoms with Gasteiger partial charge in [-0.05, 0) is 50.1 Å². The second-order valence-electron chi connectivity index (χ2n) is 6.99. The highest BCUT2D eigenvalue weighted by Crippen LogP contribution is 2.31. The number of para-hydroxylation sites is 1. The minimum absolute atomic E-state index is 0.170. The van der Waals surface area contributed by atoms with Crippen LogP contribution in [0.15, 0.2) is 48.5 Å². The number of ether oxygens (including phenoxy) is 1. The summed E-state index contributed by atoms with van der Waals surface area (Å²) in [5.74, 6) is -0.610. The maximum atomic E-state index is 12.8. The maximum Gasteiger partial charge on any atom is 0.335 e. The average molecular weight is 351 g/mol. The molecule has 134 valence electrons. The summed E-state index contributed by atoms with van der Waals surface area (Å²) >= 11 is 0. The zero-order valence-corrected chi connectivity index (χ0v) is 15.0. The van der Waals surface area contributed by atoms with Gasteiger partial charge < -0.3 is 15.2 Å². The minimum atomic E-state index is -0.959. The number of hydrogen-bond donors (Lipinski definition) is 2.